The van der Waals surface area contributed by atoms with Crippen molar-refractivity contribution in [3.8, 4) is 17.1 Å². The van der Waals surface area contributed by atoms with Gasteiger partial charge in [0.2, 0.25) is 5.78 Å². The highest BCUT2D eigenvalue weighted by molar-refractivity contribution is 6.38. The summed E-state index contributed by atoms with van der Waals surface area (Å²) in [5, 5.41) is 7.27. The second-order valence-corrected chi connectivity index (χ2v) is 9.05. The number of morpholine rings is 1. The number of nitrogens with zero attached hydrogens (tertiary/aromatic N) is 4. The van der Waals surface area contributed by atoms with E-state index in [1.54, 1.807) is 24.5 Å². The number of carbonyl (C=O) groups excluding carboxylic acids is 3. The van der Waals surface area contributed by atoms with E-state index in [4.69, 9.17) is 10.5 Å². The minimum Gasteiger partial charge on any atom is -0.378 e. The molecule has 3 aromatic rings. The molecule has 3 N–H and O–H groups in total. The molecule has 1 saturated heterocycles. The highest BCUT2D eigenvalue weighted by Gasteiger charge is 2.27. The lowest BCUT2D eigenvalue weighted by Crippen LogP contribution is -2.47. The van der Waals surface area contributed by atoms with Crippen LogP contribution in [0, 0.1) is 5.92 Å². The summed E-state index contributed by atoms with van der Waals surface area (Å²) < 4.78 is 6.94. The van der Waals surface area contributed by atoms with Crippen LogP contribution in [0.3, 0.4) is 0 Å². The Morgan fingerprint density at radius 2 is 1.81 bits per heavy atom. The second kappa shape index (κ2) is 11.1. The fourth-order valence-electron chi connectivity index (χ4n) is 4.13. The highest BCUT2D eigenvalue weighted by atomic mass is 16.5. The number of ketones is 1. The van der Waals surface area contributed by atoms with E-state index >= 15 is 0 Å². The largest absolute Gasteiger partial charge is 0.378 e. The van der Waals surface area contributed by atoms with E-state index in [-0.39, 0.29) is 17.9 Å². The Bertz CT molecular complexity index is 1230. The minimum atomic E-state index is -1.08. The number of carbonyl (C=O) groups is 3. The van der Waals surface area contributed by atoms with Crippen LogP contribution in [0.1, 0.15) is 30.6 Å². The van der Waals surface area contributed by atoms with Crippen LogP contribution in [0.25, 0.3) is 17.1 Å². The lowest BCUT2D eigenvalue weighted by molar-refractivity contribution is -0.137. The van der Waals surface area contributed by atoms with Gasteiger partial charge in [0.15, 0.2) is 5.82 Å². The normalized spacial score (nSPS) is 14.5. The number of ether oxygens (including phenoxy) is 1. The van der Waals surface area contributed by atoms with Gasteiger partial charge in [0.1, 0.15) is 0 Å². The quantitative estimate of drug-likeness (QED) is 0.438. The molecule has 2 aromatic heterocycles. The van der Waals surface area contributed by atoms with Gasteiger partial charge in [-0.3, -0.25) is 14.4 Å². The van der Waals surface area contributed by atoms with Gasteiger partial charge in [0.25, 0.3) is 11.8 Å². The van der Waals surface area contributed by atoms with Crippen LogP contribution in [0.15, 0.2) is 54.9 Å². The molecule has 1 fully saturated rings. The van der Waals surface area contributed by atoms with E-state index in [2.05, 4.69) is 32.4 Å². The monoisotopic (exact) mass is 490 g/mol. The first-order valence-electron chi connectivity index (χ1n) is 11.9. The number of hydrogen-bond donors (Lipinski definition) is 2. The molecule has 36 heavy (non-hydrogen) atoms. The third kappa shape index (κ3) is 5.77. The van der Waals surface area contributed by atoms with E-state index in [9.17, 15) is 14.4 Å². The number of anilines is 1. The molecule has 2 amide bonds. The molecule has 1 aliphatic rings. The van der Waals surface area contributed by atoms with Crippen molar-refractivity contribution >= 4 is 23.3 Å². The number of aromatic nitrogens is 3. The van der Waals surface area contributed by atoms with Gasteiger partial charge >= 0.3 is 0 Å². The van der Waals surface area contributed by atoms with E-state index in [1.165, 1.54) is 4.68 Å². The summed E-state index contributed by atoms with van der Waals surface area (Å²) in [5.41, 5.74) is 8.19. The Balaban J connectivity index is 1.54. The van der Waals surface area contributed by atoms with Crippen molar-refractivity contribution in [2.75, 3.05) is 31.2 Å². The first-order chi connectivity index (χ1) is 17.3. The van der Waals surface area contributed by atoms with E-state index in [1.807, 2.05) is 32.0 Å². The topological polar surface area (TPSA) is 132 Å². The third-order valence-electron chi connectivity index (χ3n) is 5.95. The molecular formula is C26H30N6O4. The van der Waals surface area contributed by atoms with Crippen molar-refractivity contribution in [2.45, 2.75) is 26.3 Å². The molecular weight excluding hydrogens is 460 g/mol. The molecule has 10 nitrogen and oxygen atoms in total. The van der Waals surface area contributed by atoms with Gasteiger partial charge in [0.05, 0.1) is 30.5 Å². The predicted octanol–water partition coefficient (Wildman–Crippen LogP) is 1.97. The summed E-state index contributed by atoms with van der Waals surface area (Å²) in [6.07, 6.45) is 3.57. The maximum atomic E-state index is 13.1. The van der Waals surface area contributed by atoms with E-state index in [0.717, 1.165) is 43.2 Å². The second-order valence-electron chi connectivity index (χ2n) is 9.05. The Kier molecular flexibility index (Phi) is 7.74. The zero-order valence-corrected chi connectivity index (χ0v) is 20.4. The zero-order chi connectivity index (χ0) is 25.7. The Morgan fingerprint density at radius 1 is 1.08 bits per heavy atom. The van der Waals surface area contributed by atoms with Gasteiger partial charge in [-0.05, 0) is 42.7 Å². The SMILES string of the molecule is CC(C)CC(NC(=O)c1cccnc1-n1ccc(-c2ccc(N3CCOCC3)cc2)n1)C(=O)C(N)=O. The molecule has 1 aliphatic heterocycles. The maximum Gasteiger partial charge on any atom is 0.287 e. The summed E-state index contributed by atoms with van der Waals surface area (Å²) in [5.74, 6) is -2.07. The fourth-order valence-corrected chi connectivity index (χ4v) is 4.13. The van der Waals surface area contributed by atoms with Crippen molar-refractivity contribution in [3.63, 3.8) is 0 Å². The van der Waals surface area contributed by atoms with Gasteiger partial charge in [-0.2, -0.15) is 5.10 Å². The molecule has 0 spiro atoms. The van der Waals surface area contributed by atoms with Crippen molar-refractivity contribution < 1.29 is 19.1 Å². The smallest absolute Gasteiger partial charge is 0.287 e. The van der Waals surface area contributed by atoms with Crippen molar-refractivity contribution in [2.24, 2.45) is 11.7 Å². The molecule has 1 aromatic carbocycles. The van der Waals surface area contributed by atoms with Crippen LogP contribution in [0.5, 0.6) is 0 Å². The lowest BCUT2D eigenvalue weighted by Gasteiger charge is -2.28. The van der Waals surface area contributed by atoms with Gasteiger partial charge < -0.3 is 20.7 Å². The van der Waals surface area contributed by atoms with Gasteiger partial charge in [-0.25, -0.2) is 9.67 Å². The molecule has 10 heteroatoms. The summed E-state index contributed by atoms with van der Waals surface area (Å²) in [6.45, 7) is 6.95. The first kappa shape index (κ1) is 25.1. The number of benzene rings is 1. The average Bonchev–Trinajstić information content (AvgIpc) is 3.38. The van der Waals surface area contributed by atoms with Crippen molar-refractivity contribution in [3.05, 3.63) is 60.4 Å². The van der Waals surface area contributed by atoms with E-state index < -0.39 is 23.6 Å². The summed E-state index contributed by atoms with van der Waals surface area (Å²) in [6, 6.07) is 12.2. The maximum absolute atomic E-state index is 13.1. The fraction of sp³-hybridized carbons (Fsp3) is 0.346. The van der Waals surface area contributed by atoms with Crippen LogP contribution in [0.2, 0.25) is 0 Å². The van der Waals surface area contributed by atoms with Gasteiger partial charge in [-0.15, -0.1) is 0 Å². The molecule has 0 aliphatic carbocycles. The Hall–Kier alpha value is -4.05. The molecule has 0 bridgehead atoms. The summed E-state index contributed by atoms with van der Waals surface area (Å²) in [7, 11) is 0. The number of hydrogen-bond acceptors (Lipinski definition) is 7. The predicted molar refractivity (Wildman–Crippen MR) is 135 cm³/mol. The minimum absolute atomic E-state index is 0.0651. The first-order valence-corrected chi connectivity index (χ1v) is 11.9. The molecule has 188 valence electrons. The molecule has 1 atom stereocenters. The molecule has 3 heterocycles. The van der Waals surface area contributed by atoms with Crippen LogP contribution in [-0.4, -0.2) is 64.7 Å². The average molecular weight is 491 g/mol. The highest BCUT2D eigenvalue weighted by Crippen LogP contribution is 2.24. The summed E-state index contributed by atoms with van der Waals surface area (Å²) in [4.78, 5) is 43.5. The van der Waals surface area contributed by atoms with Gasteiger partial charge in [-0.1, -0.05) is 26.0 Å². The zero-order valence-electron chi connectivity index (χ0n) is 20.4. The van der Waals surface area contributed by atoms with Crippen LogP contribution in [0.4, 0.5) is 5.69 Å². The number of Topliss-reactive ketones (excluding diaryl/α,β-unsaturated/α-hetero) is 1. The van der Waals surface area contributed by atoms with Crippen LogP contribution in [-0.2, 0) is 14.3 Å². The number of pyridine rings is 1. The standard InChI is InChI=1S/C26H30N6O4/c1-17(2)16-22(23(33)24(27)34)29-26(35)20-4-3-10-28-25(20)32-11-9-21(30-32)18-5-7-19(8-6-18)31-12-14-36-15-13-31/h3-11,17,22H,12-16H2,1-2H3,(H2,27,34)(H,29,35). The number of nitrogens with two attached hydrogens (primary N) is 1. The lowest BCUT2D eigenvalue weighted by atomic mass is 9.99. The number of primary amides is 1. The number of amides is 2. The van der Waals surface area contributed by atoms with Crippen LogP contribution >= 0.6 is 0 Å². The summed E-state index contributed by atoms with van der Waals surface area (Å²) >= 11 is 0. The van der Waals surface area contributed by atoms with Crippen molar-refractivity contribution in [1.29, 1.82) is 0 Å². The van der Waals surface area contributed by atoms with Gasteiger partial charge in [0, 0.05) is 36.7 Å². The van der Waals surface area contributed by atoms with Crippen molar-refractivity contribution in [1.82, 2.24) is 20.1 Å². The Morgan fingerprint density at radius 3 is 2.47 bits per heavy atom. The molecule has 0 radical (unpaired) electrons. The molecule has 1 unspecified atom stereocenters. The third-order valence-corrected chi connectivity index (χ3v) is 5.95. The number of rotatable bonds is 9. The molecule has 4 rings (SSSR count). The number of nitrogens with one attached hydrogen (secondary N) is 1. The molecule has 0 saturated carbocycles. The van der Waals surface area contributed by atoms with E-state index in [0.29, 0.717) is 5.82 Å². The van der Waals surface area contributed by atoms with Crippen LogP contribution < -0.4 is 16.0 Å². The Labute approximate surface area is 209 Å².